The molecule has 0 fully saturated rings. The van der Waals surface area contributed by atoms with Gasteiger partial charge in [0.15, 0.2) is 0 Å². The van der Waals surface area contributed by atoms with E-state index in [-0.39, 0.29) is 12.5 Å². The Balaban J connectivity index is 2.50. The van der Waals surface area contributed by atoms with E-state index in [0.717, 1.165) is 22.0 Å². The molecular weight excluding hydrogens is 220 g/mol. The van der Waals surface area contributed by atoms with E-state index >= 15 is 0 Å². The van der Waals surface area contributed by atoms with Crippen LogP contribution in [0.1, 0.15) is 12.5 Å². The fourth-order valence-electron chi connectivity index (χ4n) is 1.67. The van der Waals surface area contributed by atoms with E-state index in [2.05, 4.69) is 11.9 Å². The number of para-hydroxylation sites is 1. The summed E-state index contributed by atoms with van der Waals surface area (Å²) in [5, 5.41) is 0.968. The molecule has 16 heavy (non-hydrogen) atoms. The third-order valence-electron chi connectivity index (χ3n) is 2.51. The molecule has 0 saturated carbocycles. The summed E-state index contributed by atoms with van der Waals surface area (Å²) in [6.45, 7) is 2.33. The molecule has 1 aliphatic heterocycles. The number of benzodiazepines with no additional fused rings is 1. The number of rotatable bonds is 1. The van der Waals surface area contributed by atoms with Gasteiger partial charge in [-0.15, -0.1) is 11.8 Å². The first kappa shape index (κ1) is 11.2. The number of amides is 1. The maximum Gasteiger partial charge on any atom is 0.248 e. The first-order chi connectivity index (χ1) is 7.74. The minimum atomic E-state index is 0.0409. The summed E-state index contributed by atoms with van der Waals surface area (Å²) >= 11 is 1.68. The van der Waals surface area contributed by atoms with Crippen LogP contribution in [0.2, 0.25) is 0 Å². The molecule has 3 nitrogen and oxygen atoms in total. The summed E-state index contributed by atoms with van der Waals surface area (Å²) in [7, 11) is 1.80. The zero-order valence-corrected chi connectivity index (χ0v) is 10.3. The predicted molar refractivity (Wildman–Crippen MR) is 69.4 cm³/mol. The molecule has 0 aromatic heterocycles. The van der Waals surface area contributed by atoms with Crippen LogP contribution >= 0.6 is 11.8 Å². The van der Waals surface area contributed by atoms with Gasteiger partial charge in [0, 0.05) is 12.6 Å². The largest absolute Gasteiger partial charge is 0.313 e. The third kappa shape index (κ3) is 1.97. The normalized spacial score (nSPS) is 15.5. The number of aliphatic imine (C=N–C) groups is 1. The summed E-state index contributed by atoms with van der Waals surface area (Å²) in [6, 6.07) is 7.91. The monoisotopic (exact) mass is 234 g/mol. The number of nitrogens with zero attached hydrogens (tertiary/aromatic N) is 2. The van der Waals surface area contributed by atoms with Crippen molar-refractivity contribution in [2.75, 3.05) is 24.2 Å². The van der Waals surface area contributed by atoms with Gasteiger partial charge >= 0.3 is 0 Å². The Hall–Kier alpha value is -1.29. The summed E-state index contributed by atoms with van der Waals surface area (Å²) in [6.07, 6.45) is 0. The Morgan fingerprint density at radius 2 is 2.19 bits per heavy atom. The van der Waals surface area contributed by atoms with Crippen LogP contribution in [0.5, 0.6) is 0 Å². The highest BCUT2D eigenvalue weighted by Gasteiger charge is 2.20. The molecule has 1 heterocycles. The van der Waals surface area contributed by atoms with Crippen LogP contribution < -0.4 is 4.90 Å². The highest BCUT2D eigenvalue weighted by Crippen LogP contribution is 2.26. The summed E-state index contributed by atoms with van der Waals surface area (Å²) in [5.41, 5.74) is 2.01. The Bertz CT molecular complexity index is 442. The highest BCUT2D eigenvalue weighted by atomic mass is 32.2. The van der Waals surface area contributed by atoms with Crippen LogP contribution in [0, 0.1) is 0 Å². The number of benzene rings is 1. The molecule has 84 valence electrons. The first-order valence-electron chi connectivity index (χ1n) is 5.27. The van der Waals surface area contributed by atoms with Crippen LogP contribution in [0.3, 0.4) is 0 Å². The van der Waals surface area contributed by atoms with Crippen molar-refractivity contribution in [3.63, 3.8) is 0 Å². The number of thioether (sulfide) groups is 1. The van der Waals surface area contributed by atoms with Gasteiger partial charge in [0.2, 0.25) is 5.91 Å². The van der Waals surface area contributed by atoms with Crippen molar-refractivity contribution in [1.29, 1.82) is 0 Å². The smallest absolute Gasteiger partial charge is 0.248 e. The second-order valence-corrected chi connectivity index (χ2v) is 4.78. The summed E-state index contributed by atoms with van der Waals surface area (Å²) < 4.78 is 0. The number of hydrogen-bond donors (Lipinski definition) is 0. The molecule has 0 saturated heterocycles. The topological polar surface area (TPSA) is 32.7 Å². The SMILES string of the molecule is CCSC1=NCC(=O)N(C)c2ccccc21. The van der Waals surface area contributed by atoms with Crippen molar-refractivity contribution in [3.05, 3.63) is 29.8 Å². The van der Waals surface area contributed by atoms with Gasteiger partial charge in [0.05, 0.1) is 5.69 Å². The van der Waals surface area contributed by atoms with Crippen LogP contribution in [0.25, 0.3) is 0 Å². The Morgan fingerprint density at radius 3 is 2.94 bits per heavy atom. The van der Waals surface area contributed by atoms with E-state index in [1.165, 1.54) is 0 Å². The molecule has 1 amide bonds. The molecule has 0 radical (unpaired) electrons. The van der Waals surface area contributed by atoms with Crippen molar-refractivity contribution in [3.8, 4) is 0 Å². The average molecular weight is 234 g/mol. The van der Waals surface area contributed by atoms with Crippen molar-refractivity contribution in [2.24, 2.45) is 4.99 Å². The van der Waals surface area contributed by atoms with Crippen LogP contribution in [-0.2, 0) is 4.79 Å². The number of hydrogen-bond acceptors (Lipinski definition) is 3. The van der Waals surface area contributed by atoms with Gasteiger partial charge < -0.3 is 4.90 Å². The second-order valence-electron chi connectivity index (χ2n) is 3.52. The van der Waals surface area contributed by atoms with Crippen LogP contribution in [-0.4, -0.2) is 30.3 Å². The molecule has 0 atom stereocenters. The third-order valence-corrected chi connectivity index (χ3v) is 3.42. The van der Waals surface area contributed by atoms with Crippen molar-refractivity contribution in [1.82, 2.24) is 0 Å². The van der Waals surface area contributed by atoms with E-state index in [4.69, 9.17) is 0 Å². The van der Waals surface area contributed by atoms with Gasteiger partial charge in [-0.2, -0.15) is 0 Å². The number of carbonyl (C=O) groups is 1. The average Bonchev–Trinajstić information content (AvgIpc) is 2.43. The lowest BCUT2D eigenvalue weighted by Gasteiger charge is -2.17. The minimum Gasteiger partial charge on any atom is -0.313 e. The van der Waals surface area contributed by atoms with E-state index in [1.807, 2.05) is 24.3 Å². The molecule has 0 spiro atoms. The van der Waals surface area contributed by atoms with Crippen LogP contribution in [0.4, 0.5) is 5.69 Å². The van der Waals surface area contributed by atoms with Gasteiger partial charge in [-0.05, 0) is 11.8 Å². The molecule has 1 aromatic carbocycles. The Kier molecular flexibility index (Phi) is 3.29. The lowest BCUT2D eigenvalue weighted by molar-refractivity contribution is -0.116. The van der Waals surface area contributed by atoms with E-state index in [9.17, 15) is 4.79 Å². The molecule has 0 N–H and O–H groups in total. The molecule has 2 rings (SSSR count). The van der Waals surface area contributed by atoms with Gasteiger partial charge in [-0.25, -0.2) is 0 Å². The van der Waals surface area contributed by atoms with Gasteiger partial charge in [0.1, 0.15) is 11.6 Å². The molecule has 1 aromatic rings. The Labute approximate surface area is 99.6 Å². The van der Waals surface area contributed by atoms with Crippen LogP contribution in [0.15, 0.2) is 29.3 Å². The van der Waals surface area contributed by atoms with E-state index < -0.39 is 0 Å². The molecule has 1 aliphatic rings. The number of carbonyl (C=O) groups excluding carboxylic acids is 1. The van der Waals surface area contributed by atoms with Gasteiger partial charge in [-0.3, -0.25) is 9.79 Å². The number of anilines is 1. The van der Waals surface area contributed by atoms with Gasteiger partial charge in [0.25, 0.3) is 0 Å². The quantitative estimate of drug-likeness (QED) is 0.746. The Morgan fingerprint density at radius 1 is 1.44 bits per heavy atom. The minimum absolute atomic E-state index is 0.0409. The van der Waals surface area contributed by atoms with Crippen molar-refractivity contribution in [2.45, 2.75) is 6.92 Å². The van der Waals surface area contributed by atoms with Crippen molar-refractivity contribution < 1.29 is 4.79 Å². The maximum atomic E-state index is 11.7. The molecule has 0 bridgehead atoms. The van der Waals surface area contributed by atoms with Gasteiger partial charge in [-0.1, -0.05) is 25.1 Å². The lowest BCUT2D eigenvalue weighted by atomic mass is 10.2. The fourth-order valence-corrected chi connectivity index (χ4v) is 2.43. The fraction of sp³-hybridized carbons (Fsp3) is 0.333. The van der Waals surface area contributed by atoms with Crippen molar-refractivity contribution >= 4 is 28.4 Å². The molecular formula is C12H14N2OS. The first-order valence-corrected chi connectivity index (χ1v) is 6.25. The standard InChI is InChI=1S/C12H14N2OS/c1-3-16-12-9-6-4-5-7-10(9)14(2)11(15)8-13-12/h4-7H,3,8H2,1-2H3. The predicted octanol–water partition coefficient (Wildman–Crippen LogP) is 2.16. The molecule has 0 aliphatic carbocycles. The zero-order chi connectivity index (χ0) is 11.5. The summed E-state index contributed by atoms with van der Waals surface area (Å²) in [5.74, 6) is 1.00. The zero-order valence-electron chi connectivity index (χ0n) is 9.43. The molecule has 0 unspecified atom stereocenters. The van der Waals surface area contributed by atoms with E-state index in [0.29, 0.717) is 0 Å². The lowest BCUT2D eigenvalue weighted by Crippen LogP contribution is -2.27. The number of likely N-dealkylation sites (N-methyl/N-ethyl adjacent to an activating group) is 1. The highest BCUT2D eigenvalue weighted by molar-refractivity contribution is 8.14. The summed E-state index contributed by atoms with van der Waals surface area (Å²) in [4.78, 5) is 17.8. The molecule has 4 heteroatoms. The second kappa shape index (κ2) is 4.70. The maximum absolute atomic E-state index is 11.7. The van der Waals surface area contributed by atoms with E-state index in [1.54, 1.807) is 23.7 Å². The number of fused-ring (bicyclic) bond motifs is 1.